The molecule has 4 rings (SSSR count). The summed E-state index contributed by atoms with van der Waals surface area (Å²) in [7, 11) is 0. The van der Waals surface area contributed by atoms with Crippen molar-refractivity contribution in [2.24, 2.45) is 0 Å². The highest BCUT2D eigenvalue weighted by Gasteiger charge is 2.29. The standard InChI is InChI=1S/C29H35ClN2O5S/c1-20(27(33)31-12-14-32(15-13-31)28(34)37-29(2,3)4)22-10-11-25(24(30)17-22)38-26-19-35-18-23(36-26)16-21-8-6-5-7-9-21/h5-11,17,23,26H,1,12-16,18-19H2,2-4H3. The van der Waals surface area contributed by atoms with E-state index in [0.29, 0.717) is 55.6 Å². The van der Waals surface area contributed by atoms with Crippen LogP contribution in [0.25, 0.3) is 5.57 Å². The number of rotatable bonds is 6. The molecular formula is C29H35ClN2O5S. The van der Waals surface area contributed by atoms with Gasteiger partial charge in [0.15, 0.2) is 0 Å². The molecule has 204 valence electrons. The SMILES string of the molecule is C=C(C(=O)N1CCN(C(=O)OC(C)(C)C)CC1)c1ccc(SC2COCC(Cc3ccccc3)O2)c(Cl)c1. The second kappa shape index (κ2) is 12.6. The van der Waals surface area contributed by atoms with Gasteiger partial charge in [0.2, 0.25) is 0 Å². The normalized spacial score (nSPS) is 20.2. The molecule has 2 aromatic carbocycles. The molecule has 0 spiro atoms. The fourth-order valence-electron chi connectivity index (χ4n) is 4.29. The Kier molecular flexibility index (Phi) is 9.41. The van der Waals surface area contributed by atoms with Crippen molar-refractivity contribution in [3.8, 4) is 0 Å². The van der Waals surface area contributed by atoms with E-state index < -0.39 is 5.60 Å². The number of nitrogens with zero attached hydrogens (tertiary/aromatic N) is 2. The summed E-state index contributed by atoms with van der Waals surface area (Å²) in [5, 5.41) is 0.532. The van der Waals surface area contributed by atoms with E-state index in [1.165, 1.54) is 17.3 Å². The van der Waals surface area contributed by atoms with Gasteiger partial charge in [-0.25, -0.2) is 4.79 Å². The summed E-state index contributed by atoms with van der Waals surface area (Å²) < 4.78 is 17.5. The van der Waals surface area contributed by atoms with Crippen molar-refractivity contribution < 1.29 is 23.8 Å². The van der Waals surface area contributed by atoms with Crippen molar-refractivity contribution >= 4 is 40.9 Å². The molecule has 0 radical (unpaired) electrons. The molecule has 2 aromatic rings. The van der Waals surface area contributed by atoms with Gasteiger partial charge in [0.25, 0.3) is 5.91 Å². The van der Waals surface area contributed by atoms with Crippen molar-refractivity contribution in [1.82, 2.24) is 9.80 Å². The third-order valence-corrected chi connectivity index (χ3v) is 7.77. The molecule has 0 saturated carbocycles. The lowest BCUT2D eigenvalue weighted by molar-refractivity contribution is -0.126. The Labute approximate surface area is 234 Å². The van der Waals surface area contributed by atoms with Crippen LogP contribution >= 0.6 is 23.4 Å². The fraction of sp³-hybridized carbons (Fsp3) is 0.448. The molecule has 2 aliphatic heterocycles. The van der Waals surface area contributed by atoms with Gasteiger partial charge >= 0.3 is 6.09 Å². The molecule has 2 unspecified atom stereocenters. The number of hydrogen-bond acceptors (Lipinski definition) is 6. The van der Waals surface area contributed by atoms with Crippen LogP contribution < -0.4 is 0 Å². The first-order chi connectivity index (χ1) is 18.1. The van der Waals surface area contributed by atoms with Crippen LogP contribution in [0.1, 0.15) is 31.9 Å². The Morgan fingerprint density at radius 1 is 1.05 bits per heavy atom. The minimum atomic E-state index is -0.554. The first-order valence-corrected chi connectivity index (χ1v) is 14.0. The number of halogens is 1. The predicted molar refractivity (Wildman–Crippen MR) is 150 cm³/mol. The second-order valence-corrected chi connectivity index (χ2v) is 12.0. The largest absolute Gasteiger partial charge is 0.444 e. The maximum Gasteiger partial charge on any atom is 0.410 e. The Bertz CT molecular complexity index is 1150. The number of carbonyl (C=O) groups excluding carboxylic acids is 2. The Morgan fingerprint density at radius 2 is 1.74 bits per heavy atom. The number of thioether (sulfide) groups is 1. The van der Waals surface area contributed by atoms with E-state index in [1.54, 1.807) is 15.9 Å². The molecule has 0 aromatic heterocycles. The molecule has 2 saturated heterocycles. The summed E-state index contributed by atoms with van der Waals surface area (Å²) in [5.74, 6) is -0.168. The summed E-state index contributed by atoms with van der Waals surface area (Å²) >= 11 is 8.13. The smallest absolute Gasteiger partial charge is 0.410 e. The quantitative estimate of drug-likeness (QED) is 0.436. The van der Waals surface area contributed by atoms with E-state index in [2.05, 4.69) is 18.7 Å². The summed E-state index contributed by atoms with van der Waals surface area (Å²) in [6.45, 7) is 12.3. The monoisotopic (exact) mass is 558 g/mol. The van der Waals surface area contributed by atoms with Gasteiger partial charge in [-0.2, -0.15) is 0 Å². The van der Waals surface area contributed by atoms with Crippen molar-refractivity contribution in [2.45, 2.75) is 49.2 Å². The highest BCUT2D eigenvalue weighted by molar-refractivity contribution is 8.00. The fourth-order valence-corrected chi connectivity index (χ4v) is 5.59. The third kappa shape index (κ3) is 7.76. The third-order valence-electron chi connectivity index (χ3n) is 6.22. The lowest BCUT2D eigenvalue weighted by Crippen LogP contribution is -2.51. The highest BCUT2D eigenvalue weighted by Crippen LogP contribution is 2.35. The van der Waals surface area contributed by atoms with Gasteiger partial charge in [-0.1, -0.05) is 66.3 Å². The Hall–Kier alpha value is -2.52. The number of carbonyl (C=O) groups is 2. The lowest BCUT2D eigenvalue weighted by Gasteiger charge is -2.36. The van der Waals surface area contributed by atoms with Crippen molar-refractivity contribution in [1.29, 1.82) is 0 Å². The predicted octanol–water partition coefficient (Wildman–Crippen LogP) is 5.51. The molecule has 7 nitrogen and oxygen atoms in total. The molecule has 38 heavy (non-hydrogen) atoms. The summed E-state index contributed by atoms with van der Waals surface area (Å²) in [5.41, 5.74) is 1.52. The molecule has 0 bridgehead atoms. The second-order valence-electron chi connectivity index (χ2n) is 10.4. The summed E-state index contributed by atoms with van der Waals surface area (Å²) in [6.07, 6.45) is 0.412. The Balaban J connectivity index is 1.30. The van der Waals surface area contributed by atoms with Crippen LogP contribution in [0.2, 0.25) is 5.02 Å². The van der Waals surface area contributed by atoms with Gasteiger partial charge in [0, 0.05) is 43.1 Å². The van der Waals surface area contributed by atoms with Crippen LogP contribution in [0.5, 0.6) is 0 Å². The molecule has 2 heterocycles. The van der Waals surface area contributed by atoms with Gasteiger partial charge in [-0.3, -0.25) is 4.79 Å². The molecule has 2 fully saturated rings. The van der Waals surface area contributed by atoms with Crippen molar-refractivity contribution in [2.75, 3.05) is 39.4 Å². The average Bonchev–Trinajstić information content (AvgIpc) is 2.89. The number of piperazine rings is 1. The minimum Gasteiger partial charge on any atom is -0.444 e. The van der Waals surface area contributed by atoms with Crippen LogP contribution in [0.4, 0.5) is 4.79 Å². The van der Waals surface area contributed by atoms with E-state index >= 15 is 0 Å². The van der Waals surface area contributed by atoms with Crippen LogP contribution in [-0.2, 0) is 25.4 Å². The van der Waals surface area contributed by atoms with Crippen LogP contribution in [0.3, 0.4) is 0 Å². The van der Waals surface area contributed by atoms with Crippen LogP contribution in [0.15, 0.2) is 60.0 Å². The summed E-state index contributed by atoms with van der Waals surface area (Å²) in [6, 6.07) is 15.7. The van der Waals surface area contributed by atoms with E-state index in [-0.39, 0.29) is 23.5 Å². The van der Waals surface area contributed by atoms with Crippen LogP contribution in [-0.4, -0.2) is 78.3 Å². The van der Waals surface area contributed by atoms with Gasteiger partial charge in [0.1, 0.15) is 11.0 Å². The van der Waals surface area contributed by atoms with Crippen molar-refractivity contribution in [3.63, 3.8) is 0 Å². The maximum atomic E-state index is 13.1. The molecule has 2 amide bonds. The first-order valence-electron chi connectivity index (χ1n) is 12.8. The summed E-state index contributed by atoms with van der Waals surface area (Å²) in [4.78, 5) is 29.6. The molecular weight excluding hydrogens is 524 g/mol. The zero-order chi connectivity index (χ0) is 27.3. The zero-order valence-corrected chi connectivity index (χ0v) is 23.7. The van der Waals surface area contributed by atoms with E-state index in [9.17, 15) is 9.59 Å². The average molecular weight is 559 g/mol. The van der Waals surface area contributed by atoms with Gasteiger partial charge < -0.3 is 24.0 Å². The molecule has 2 aliphatic rings. The van der Waals surface area contributed by atoms with Gasteiger partial charge in [-0.05, 0) is 44.0 Å². The number of amides is 2. The van der Waals surface area contributed by atoms with E-state index in [1.807, 2.05) is 51.1 Å². The highest BCUT2D eigenvalue weighted by atomic mass is 35.5. The molecule has 0 N–H and O–H groups in total. The van der Waals surface area contributed by atoms with E-state index in [0.717, 1.165) is 11.3 Å². The lowest BCUT2D eigenvalue weighted by atomic mass is 10.1. The topological polar surface area (TPSA) is 68.3 Å². The van der Waals surface area contributed by atoms with Crippen LogP contribution in [0, 0.1) is 0 Å². The minimum absolute atomic E-state index is 0.0186. The molecule has 0 aliphatic carbocycles. The first kappa shape index (κ1) is 28.5. The Morgan fingerprint density at radius 3 is 2.39 bits per heavy atom. The molecule has 2 atom stereocenters. The number of hydrogen-bond donors (Lipinski definition) is 0. The van der Waals surface area contributed by atoms with E-state index in [4.69, 9.17) is 25.8 Å². The number of ether oxygens (including phenoxy) is 3. The number of benzene rings is 2. The zero-order valence-electron chi connectivity index (χ0n) is 22.2. The van der Waals surface area contributed by atoms with Crippen molar-refractivity contribution in [3.05, 3.63) is 71.3 Å². The maximum absolute atomic E-state index is 13.1. The van der Waals surface area contributed by atoms with Gasteiger partial charge in [0.05, 0.1) is 24.3 Å². The molecule has 9 heteroatoms. The van der Waals surface area contributed by atoms with Gasteiger partial charge in [-0.15, -0.1) is 0 Å².